The van der Waals surface area contributed by atoms with Crippen LogP contribution in [0.3, 0.4) is 0 Å². The van der Waals surface area contributed by atoms with Crippen molar-refractivity contribution in [3.63, 3.8) is 0 Å². The number of nitrogens with zero attached hydrogens (tertiary/aromatic N) is 2. The topological polar surface area (TPSA) is 44.1 Å². The first-order valence-corrected chi connectivity index (χ1v) is 6.33. The number of ketones is 1. The molecule has 0 aliphatic heterocycles. The SMILES string of the molecule is CCc1nccn1CC(=O)c1ccc(C)cc1OC. The number of rotatable bonds is 5. The first-order valence-electron chi connectivity index (χ1n) is 6.33. The Bertz CT molecular complexity index is 588. The quantitative estimate of drug-likeness (QED) is 0.774. The van der Waals surface area contributed by atoms with Gasteiger partial charge in [-0.05, 0) is 24.6 Å². The Kier molecular flexibility index (Phi) is 4.00. The third-order valence-electron chi connectivity index (χ3n) is 3.09. The molecule has 4 nitrogen and oxygen atoms in total. The minimum atomic E-state index is 0.0320. The number of carbonyl (C=O) groups excluding carboxylic acids is 1. The van der Waals surface area contributed by atoms with Crippen molar-refractivity contribution in [1.82, 2.24) is 9.55 Å². The Labute approximate surface area is 113 Å². The summed E-state index contributed by atoms with van der Waals surface area (Å²) < 4.78 is 7.15. The molecular weight excluding hydrogens is 240 g/mol. The van der Waals surface area contributed by atoms with Crippen LogP contribution in [-0.2, 0) is 13.0 Å². The Balaban J connectivity index is 2.25. The van der Waals surface area contributed by atoms with E-state index in [4.69, 9.17) is 4.74 Å². The van der Waals surface area contributed by atoms with E-state index in [1.165, 1.54) is 0 Å². The van der Waals surface area contributed by atoms with Crippen LogP contribution >= 0.6 is 0 Å². The number of imidazole rings is 1. The summed E-state index contributed by atoms with van der Waals surface area (Å²) in [7, 11) is 1.58. The molecule has 0 spiro atoms. The van der Waals surface area contributed by atoms with Gasteiger partial charge in [-0.3, -0.25) is 4.79 Å². The average Bonchev–Trinajstić information content (AvgIpc) is 2.85. The van der Waals surface area contributed by atoms with E-state index in [1.54, 1.807) is 13.3 Å². The van der Waals surface area contributed by atoms with Gasteiger partial charge in [0, 0.05) is 18.8 Å². The fourth-order valence-corrected chi connectivity index (χ4v) is 2.07. The van der Waals surface area contributed by atoms with Crippen LogP contribution in [0.5, 0.6) is 5.75 Å². The molecule has 0 atom stereocenters. The Hall–Kier alpha value is -2.10. The number of ether oxygens (including phenoxy) is 1. The molecule has 0 amide bonds. The molecule has 0 aliphatic carbocycles. The second kappa shape index (κ2) is 5.69. The van der Waals surface area contributed by atoms with Crippen LogP contribution < -0.4 is 4.74 Å². The van der Waals surface area contributed by atoms with Gasteiger partial charge >= 0.3 is 0 Å². The summed E-state index contributed by atoms with van der Waals surface area (Å²) in [6, 6.07) is 5.62. The van der Waals surface area contributed by atoms with Crippen molar-refractivity contribution in [2.75, 3.05) is 7.11 Å². The highest BCUT2D eigenvalue weighted by molar-refractivity contribution is 5.98. The smallest absolute Gasteiger partial charge is 0.186 e. The Morgan fingerprint density at radius 1 is 1.42 bits per heavy atom. The normalized spacial score (nSPS) is 10.5. The van der Waals surface area contributed by atoms with Crippen molar-refractivity contribution in [1.29, 1.82) is 0 Å². The Morgan fingerprint density at radius 3 is 2.89 bits per heavy atom. The molecule has 0 saturated carbocycles. The van der Waals surface area contributed by atoms with Gasteiger partial charge in [0.2, 0.25) is 0 Å². The van der Waals surface area contributed by atoms with Crippen molar-refractivity contribution in [3.05, 3.63) is 47.5 Å². The van der Waals surface area contributed by atoms with Crippen LogP contribution in [0.1, 0.15) is 28.7 Å². The van der Waals surface area contributed by atoms with Gasteiger partial charge in [-0.2, -0.15) is 0 Å². The molecule has 1 heterocycles. The number of aryl methyl sites for hydroxylation is 2. The molecule has 0 N–H and O–H groups in total. The zero-order valence-corrected chi connectivity index (χ0v) is 11.5. The van der Waals surface area contributed by atoms with E-state index in [-0.39, 0.29) is 5.78 Å². The summed E-state index contributed by atoms with van der Waals surface area (Å²) in [5.74, 6) is 1.58. The van der Waals surface area contributed by atoms with Crippen molar-refractivity contribution in [3.8, 4) is 5.75 Å². The highest BCUT2D eigenvalue weighted by Crippen LogP contribution is 2.21. The predicted octanol–water partition coefficient (Wildman–Crippen LogP) is 2.65. The summed E-state index contributed by atoms with van der Waals surface area (Å²) in [5.41, 5.74) is 1.69. The van der Waals surface area contributed by atoms with Crippen molar-refractivity contribution in [2.24, 2.45) is 0 Å². The average molecular weight is 258 g/mol. The molecule has 1 aromatic carbocycles. The standard InChI is InChI=1S/C15H18N2O2/c1-4-15-16-7-8-17(15)10-13(18)12-6-5-11(2)9-14(12)19-3/h5-9H,4,10H2,1-3H3. The van der Waals surface area contributed by atoms with E-state index < -0.39 is 0 Å². The molecule has 4 heteroatoms. The van der Waals surface area contributed by atoms with E-state index in [1.807, 2.05) is 42.8 Å². The van der Waals surface area contributed by atoms with Crippen LogP contribution in [0.25, 0.3) is 0 Å². The molecule has 100 valence electrons. The van der Waals surface area contributed by atoms with E-state index in [0.29, 0.717) is 17.9 Å². The predicted molar refractivity (Wildman–Crippen MR) is 73.7 cm³/mol. The number of methoxy groups -OCH3 is 1. The third-order valence-corrected chi connectivity index (χ3v) is 3.09. The molecule has 19 heavy (non-hydrogen) atoms. The zero-order chi connectivity index (χ0) is 13.8. The molecule has 0 unspecified atom stereocenters. The maximum Gasteiger partial charge on any atom is 0.186 e. The fraction of sp³-hybridized carbons (Fsp3) is 0.333. The zero-order valence-electron chi connectivity index (χ0n) is 11.5. The maximum atomic E-state index is 12.3. The highest BCUT2D eigenvalue weighted by atomic mass is 16.5. The minimum absolute atomic E-state index is 0.0320. The molecular formula is C15H18N2O2. The van der Waals surface area contributed by atoms with Gasteiger partial charge in [0.1, 0.15) is 11.6 Å². The molecule has 0 bridgehead atoms. The molecule has 0 aliphatic rings. The van der Waals surface area contributed by atoms with Gasteiger partial charge in [-0.25, -0.2) is 4.98 Å². The van der Waals surface area contributed by atoms with Crippen molar-refractivity contribution in [2.45, 2.75) is 26.8 Å². The molecule has 2 aromatic rings. The van der Waals surface area contributed by atoms with E-state index in [2.05, 4.69) is 4.98 Å². The van der Waals surface area contributed by atoms with Gasteiger partial charge in [0.25, 0.3) is 0 Å². The molecule has 1 aromatic heterocycles. The van der Waals surface area contributed by atoms with Crippen LogP contribution in [0.4, 0.5) is 0 Å². The first kappa shape index (κ1) is 13.3. The lowest BCUT2D eigenvalue weighted by Crippen LogP contribution is -2.13. The van der Waals surface area contributed by atoms with Gasteiger partial charge < -0.3 is 9.30 Å². The van der Waals surface area contributed by atoms with Gasteiger partial charge in [0.15, 0.2) is 5.78 Å². The maximum absolute atomic E-state index is 12.3. The summed E-state index contributed by atoms with van der Waals surface area (Å²) in [6.45, 7) is 4.29. The lowest BCUT2D eigenvalue weighted by Gasteiger charge is -2.10. The largest absolute Gasteiger partial charge is 0.496 e. The minimum Gasteiger partial charge on any atom is -0.496 e. The lowest BCUT2D eigenvalue weighted by atomic mass is 10.1. The van der Waals surface area contributed by atoms with Gasteiger partial charge in [0.05, 0.1) is 19.2 Å². The van der Waals surface area contributed by atoms with Crippen LogP contribution in [0.2, 0.25) is 0 Å². The number of carbonyl (C=O) groups is 1. The fourth-order valence-electron chi connectivity index (χ4n) is 2.07. The lowest BCUT2D eigenvalue weighted by molar-refractivity contribution is 0.0968. The number of hydrogen-bond acceptors (Lipinski definition) is 3. The van der Waals surface area contributed by atoms with Crippen LogP contribution in [0.15, 0.2) is 30.6 Å². The second-order valence-corrected chi connectivity index (χ2v) is 4.45. The first-order chi connectivity index (χ1) is 9.15. The van der Waals surface area contributed by atoms with E-state index in [0.717, 1.165) is 17.8 Å². The summed E-state index contributed by atoms with van der Waals surface area (Å²) >= 11 is 0. The summed E-state index contributed by atoms with van der Waals surface area (Å²) in [4.78, 5) is 16.6. The van der Waals surface area contributed by atoms with Crippen LogP contribution in [-0.4, -0.2) is 22.4 Å². The second-order valence-electron chi connectivity index (χ2n) is 4.45. The highest BCUT2D eigenvalue weighted by Gasteiger charge is 2.14. The molecule has 0 radical (unpaired) electrons. The molecule has 0 saturated heterocycles. The third kappa shape index (κ3) is 2.84. The van der Waals surface area contributed by atoms with Gasteiger partial charge in [-0.1, -0.05) is 13.0 Å². The number of Topliss-reactive ketones (excluding diaryl/α,β-unsaturated/α-hetero) is 1. The van der Waals surface area contributed by atoms with Crippen molar-refractivity contribution >= 4 is 5.78 Å². The summed E-state index contributed by atoms with van der Waals surface area (Å²) in [5, 5.41) is 0. The van der Waals surface area contributed by atoms with Crippen molar-refractivity contribution < 1.29 is 9.53 Å². The molecule has 0 fully saturated rings. The summed E-state index contributed by atoms with van der Waals surface area (Å²) in [6.07, 6.45) is 4.36. The van der Waals surface area contributed by atoms with Gasteiger partial charge in [-0.15, -0.1) is 0 Å². The van der Waals surface area contributed by atoms with Crippen LogP contribution in [0, 0.1) is 6.92 Å². The number of aromatic nitrogens is 2. The number of hydrogen-bond donors (Lipinski definition) is 0. The van der Waals surface area contributed by atoms with E-state index >= 15 is 0 Å². The van der Waals surface area contributed by atoms with E-state index in [9.17, 15) is 4.79 Å². The number of benzene rings is 1. The molecule has 2 rings (SSSR count). The Morgan fingerprint density at radius 2 is 2.21 bits per heavy atom. The monoisotopic (exact) mass is 258 g/mol.